The van der Waals surface area contributed by atoms with Gasteiger partial charge in [-0.1, -0.05) is 82.8 Å². The van der Waals surface area contributed by atoms with Crippen molar-refractivity contribution in [3.05, 3.63) is 89.7 Å². The molecule has 52 heavy (non-hydrogen) atoms. The molecule has 1 unspecified atom stereocenters. The molecule has 3 aromatic carbocycles. The van der Waals surface area contributed by atoms with E-state index in [-0.39, 0.29) is 52.7 Å². The highest BCUT2D eigenvalue weighted by molar-refractivity contribution is 8.15. The van der Waals surface area contributed by atoms with E-state index in [1.807, 2.05) is 71.9 Å². The second-order valence-electron chi connectivity index (χ2n) is 13.9. The number of hydrogen-bond donors (Lipinski definition) is 2. The van der Waals surface area contributed by atoms with Gasteiger partial charge in [0.2, 0.25) is 11.8 Å². The Morgan fingerprint density at radius 2 is 1.69 bits per heavy atom. The van der Waals surface area contributed by atoms with Crippen molar-refractivity contribution in [2.75, 3.05) is 10.7 Å². The molecule has 0 bridgehead atoms. The number of amides is 4. The van der Waals surface area contributed by atoms with Crippen LogP contribution in [-0.4, -0.2) is 56.1 Å². The average Bonchev–Trinajstić information content (AvgIpc) is 3.67. The minimum atomic E-state index is -4.79. The molecule has 2 heterocycles. The molecular weight excluding hydrogens is 696 g/mol. The summed E-state index contributed by atoms with van der Waals surface area (Å²) in [5.74, 6) is -0.113. The van der Waals surface area contributed by atoms with Crippen molar-refractivity contribution in [2.45, 2.75) is 72.8 Å². The second kappa shape index (κ2) is 15.6. The maximum absolute atomic E-state index is 13.4. The molecule has 1 fully saturated rings. The number of alkyl halides is 3. The smallest absolute Gasteiger partial charge is 0.406 e. The van der Waals surface area contributed by atoms with Crippen LogP contribution in [0.3, 0.4) is 0 Å². The molecule has 0 radical (unpaired) electrons. The number of thioether (sulfide) groups is 1. The van der Waals surface area contributed by atoms with Crippen LogP contribution >= 0.6 is 11.8 Å². The van der Waals surface area contributed by atoms with Gasteiger partial charge in [0.15, 0.2) is 11.0 Å². The Balaban J connectivity index is 1.32. The molecule has 4 aromatic rings. The average molecular weight is 736 g/mol. The Morgan fingerprint density at radius 1 is 1.00 bits per heavy atom. The minimum Gasteiger partial charge on any atom is -0.406 e. The number of amidine groups is 1. The number of nitrogens with one attached hydrogen (secondary N) is 2. The van der Waals surface area contributed by atoms with Crippen LogP contribution in [0.15, 0.2) is 78.0 Å². The van der Waals surface area contributed by atoms with Gasteiger partial charge in [0, 0.05) is 18.4 Å². The number of urea groups is 1. The van der Waals surface area contributed by atoms with Crippen LogP contribution in [0.5, 0.6) is 5.75 Å². The molecule has 2 N–H and O–H groups in total. The second-order valence-corrected chi connectivity index (χ2v) is 14.8. The molecule has 4 amide bonds. The third-order valence-corrected chi connectivity index (χ3v) is 8.74. The molecule has 15 heteroatoms. The van der Waals surface area contributed by atoms with Gasteiger partial charge in [-0.2, -0.15) is 4.99 Å². The topological polar surface area (TPSA) is 131 Å². The SMILES string of the molecule is Cc1ccc(C(C)C)c(N2C(=O)CS/C2=N\C(=O)NC(Cc2ccc(-c3ncn(-c4ccc(OC(F)(F)F)cc4)n3)cc2)NC(=O)CC(C)(C)C)c1. The van der Waals surface area contributed by atoms with E-state index in [1.165, 1.54) is 51.9 Å². The molecule has 1 aromatic heterocycles. The van der Waals surface area contributed by atoms with Crippen molar-refractivity contribution in [2.24, 2.45) is 10.4 Å². The third-order valence-electron chi connectivity index (χ3n) is 7.81. The number of rotatable bonds is 10. The molecule has 11 nitrogen and oxygen atoms in total. The highest BCUT2D eigenvalue weighted by atomic mass is 32.2. The first-order chi connectivity index (χ1) is 24.4. The van der Waals surface area contributed by atoms with Gasteiger partial charge in [-0.15, -0.1) is 18.3 Å². The zero-order valence-electron chi connectivity index (χ0n) is 29.6. The third kappa shape index (κ3) is 10.2. The van der Waals surface area contributed by atoms with Gasteiger partial charge in [0.25, 0.3) is 0 Å². The summed E-state index contributed by atoms with van der Waals surface area (Å²) in [6.07, 6.45) is -3.71. The number of nitrogens with zero attached hydrogens (tertiary/aromatic N) is 5. The summed E-state index contributed by atoms with van der Waals surface area (Å²) in [7, 11) is 0. The highest BCUT2D eigenvalue weighted by Crippen LogP contribution is 2.34. The lowest BCUT2D eigenvalue weighted by molar-refractivity contribution is -0.274. The lowest BCUT2D eigenvalue weighted by Gasteiger charge is -2.24. The number of aromatic nitrogens is 3. The number of anilines is 1. The van der Waals surface area contributed by atoms with E-state index in [2.05, 4.69) is 30.4 Å². The van der Waals surface area contributed by atoms with Crippen LogP contribution in [0.25, 0.3) is 17.1 Å². The highest BCUT2D eigenvalue weighted by Gasteiger charge is 2.33. The van der Waals surface area contributed by atoms with Gasteiger partial charge >= 0.3 is 12.4 Å². The van der Waals surface area contributed by atoms with E-state index in [0.29, 0.717) is 22.8 Å². The van der Waals surface area contributed by atoms with Crippen LogP contribution in [0.2, 0.25) is 0 Å². The number of carbonyl (C=O) groups is 3. The van der Waals surface area contributed by atoms with Crippen LogP contribution in [0.1, 0.15) is 63.6 Å². The lowest BCUT2D eigenvalue weighted by Crippen LogP contribution is -2.49. The summed E-state index contributed by atoms with van der Waals surface area (Å²) in [6, 6.07) is 17.6. The molecule has 0 aliphatic carbocycles. The van der Waals surface area contributed by atoms with Gasteiger partial charge in [-0.25, -0.2) is 14.5 Å². The summed E-state index contributed by atoms with van der Waals surface area (Å²) < 4.78 is 42.9. The van der Waals surface area contributed by atoms with Crippen LogP contribution in [0.4, 0.5) is 23.7 Å². The van der Waals surface area contributed by atoms with Crippen molar-refractivity contribution in [1.29, 1.82) is 0 Å². The van der Waals surface area contributed by atoms with E-state index in [0.717, 1.165) is 16.7 Å². The first kappa shape index (κ1) is 38.1. The summed E-state index contributed by atoms with van der Waals surface area (Å²) in [5, 5.41) is 10.4. The molecule has 0 saturated carbocycles. The number of ether oxygens (including phenoxy) is 1. The van der Waals surface area contributed by atoms with Crippen molar-refractivity contribution >= 4 is 40.5 Å². The molecule has 5 rings (SSSR count). The summed E-state index contributed by atoms with van der Waals surface area (Å²) in [6.45, 7) is 11.8. The molecule has 1 atom stereocenters. The lowest BCUT2D eigenvalue weighted by atomic mass is 9.92. The predicted octanol–water partition coefficient (Wildman–Crippen LogP) is 7.53. The number of benzene rings is 3. The quantitative estimate of drug-likeness (QED) is 0.161. The van der Waals surface area contributed by atoms with Crippen molar-refractivity contribution in [3.8, 4) is 22.8 Å². The first-order valence-corrected chi connectivity index (χ1v) is 17.5. The van der Waals surface area contributed by atoms with Crippen LogP contribution in [0, 0.1) is 12.3 Å². The fourth-order valence-electron chi connectivity index (χ4n) is 5.50. The van der Waals surface area contributed by atoms with E-state index >= 15 is 0 Å². The maximum atomic E-state index is 13.4. The summed E-state index contributed by atoms with van der Waals surface area (Å²) in [4.78, 5) is 49.6. The molecule has 274 valence electrons. The van der Waals surface area contributed by atoms with E-state index in [4.69, 9.17) is 0 Å². The summed E-state index contributed by atoms with van der Waals surface area (Å²) in [5.41, 5.74) is 4.27. The Morgan fingerprint density at radius 3 is 2.33 bits per heavy atom. The van der Waals surface area contributed by atoms with E-state index in [9.17, 15) is 27.6 Å². The van der Waals surface area contributed by atoms with Crippen LogP contribution in [-0.2, 0) is 16.0 Å². The Labute approximate surface area is 304 Å². The van der Waals surface area contributed by atoms with Crippen LogP contribution < -0.4 is 20.3 Å². The predicted molar refractivity (Wildman–Crippen MR) is 194 cm³/mol. The number of carbonyl (C=O) groups excluding carboxylic acids is 3. The number of halogens is 3. The van der Waals surface area contributed by atoms with Gasteiger partial charge in [0.1, 0.15) is 18.2 Å². The normalized spacial score (nSPS) is 14.9. The zero-order chi connectivity index (χ0) is 37.8. The number of hydrogen-bond acceptors (Lipinski definition) is 7. The Kier molecular flexibility index (Phi) is 11.4. The number of aliphatic imine (C=N–C) groups is 1. The Hall–Kier alpha value is -5.18. The zero-order valence-corrected chi connectivity index (χ0v) is 30.4. The van der Waals surface area contributed by atoms with E-state index in [1.54, 1.807) is 12.1 Å². The van der Waals surface area contributed by atoms with Gasteiger partial charge in [-0.05, 0) is 65.3 Å². The summed E-state index contributed by atoms with van der Waals surface area (Å²) >= 11 is 1.18. The Bertz CT molecular complexity index is 1950. The van der Waals surface area contributed by atoms with Crippen molar-refractivity contribution < 1.29 is 32.3 Å². The number of aryl methyl sites for hydroxylation is 1. The van der Waals surface area contributed by atoms with Gasteiger partial charge in [-0.3, -0.25) is 14.5 Å². The minimum absolute atomic E-state index is 0.131. The van der Waals surface area contributed by atoms with Gasteiger partial charge < -0.3 is 15.4 Å². The van der Waals surface area contributed by atoms with Gasteiger partial charge in [0.05, 0.1) is 17.1 Å². The monoisotopic (exact) mass is 735 g/mol. The molecule has 0 spiro atoms. The maximum Gasteiger partial charge on any atom is 0.573 e. The standard InChI is InChI=1S/C37H40F3N7O4S/c1-22(2)28-16-7-23(3)17-29(28)47-32(49)20-52-35(47)44-34(50)43-30(42-31(48)19-36(4,5)6)18-24-8-10-25(11-9-24)33-41-21-46(45-33)26-12-14-27(15-13-26)51-37(38,39)40/h7-17,21-22,30H,18-20H2,1-6H3,(H,42,48)(H,43,50)/b44-35-. The van der Waals surface area contributed by atoms with E-state index < -0.39 is 18.6 Å². The van der Waals surface area contributed by atoms with Crippen molar-refractivity contribution in [1.82, 2.24) is 25.4 Å². The first-order valence-electron chi connectivity index (χ1n) is 16.6. The molecule has 1 saturated heterocycles. The molecule has 1 aliphatic rings. The largest absolute Gasteiger partial charge is 0.573 e. The fourth-order valence-corrected chi connectivity index (χ4v) is 6.35. The molecule has 1 aliphatic heterocycles. The fraction of sp³-hybridized carbons (Fsp3) is 0.351. The van der Waals surface area contributed by atoms with Crippen molar-refractivity contribution in [3.63, 3.8) is 0 Å². The molecular formula is C37H40F3N7O4S.